The molecule has 0 saturated carbocycles. The molecule has 0 fully saturated rings. The number of nitrogens with zero attached hydrogens (tertiary/aromatic N) is 2. The van der Waals surface area contributed by atoms with Gasteiger partial charge in [0.1, 0.15) is 5.82 Å². The molecule has 0 aliphatic carbocycles. The first-order valence-corrected chi connectivity index (χ1v) is 5.10. The molecule has 0 aliphatic heterocycles. The van der Waals surface area contributed by atoms with E-state index in [2.05, 4.69) is 25.9 Å². The normalized spacial score (nSPS) is 10.2. The second-order valence-corrected chi connectivity index (χ2v) is 3.96. The average molecular weight is 265 g/mol. The Kier molecular flexibility index (Phi) is 2.55. The first-order valence-electron chi connectivity index (χ1n) is 4.31. The van der Waals surface area contributed by atoms with E-state index in [1.165, 1.54) is 0 Å². The number of benzene rings is 1. The van der Waals surface area contributed by atoms with Gasteiger partial charge in [-0.25, -0.2) is 4.98 Å². The number of rotatable bonds is 1. The van der Waals surface area contributed by atoms with Gasteiger partial charge in [0, 0.05) is 16.1 Å². The Morgan fingerprint density at radius 2 is 1.67 bits per heavy atom. The van der Waals surface area contributed by atoms with Crippen LogP contribution in [-0.4, -0.2) is 9.97 Å². The summed E-state index contributed by atoms with van der Waals surface area (Å²) in [4.78, 5) is 7.92. The van der Waals surface area contributed by atoms with Crippen LogP contribution in [-0.2, 0) is 0 Å². The Balaban J connectivity index is 2.49. The zero-order valence-corrected chi connectivity index (χ0v) is 9.40. The van der Waals surface area contributed by atoms with Gasteiger partial charge in [0.05, 0.1) is 5.69 Å². The lowest BCUT2D eigenvalue weighted by Crippen LogP contribution is -2.00. The Morgan fingerprint density at radius 3 is 2.27 bits per heavy atom. The first kappa shape index (κ1) is 9.92. The van der Waals surface area contributed by atoms with Crippen molar-refractivity contribution in [2.24, 2.45) is 0 Å². The van der Waals surface area contributed by atoms with E-state index in [-0.39, 0.29) is 5.95 Å². The molecule has 1 aromatic heterocycles. The van der Waals surface area contributed by atoms with Gasteiger partial charge in [0.15, 0.2) is 0 Å². The summed E-state index contributed by atoms with van der Waals surface area (Å²) < 4.78 is 1.02. The van der Waals surface area contributed by atoms with Crippen molar-refractivity contribution in [2.45, 2.75) is 0 Å². The molecule has 2 aromatic rings. The molecule has 0 unspecified atom stereocenters. The molecule has 1 aromatic carbocycles. The monoisotopic (exact) mass is 264 g/mol. The largest absolute Gasteiger partial charge is 0.384 e. The van der Waals surface area contributed by atoms with Gasteiger partial charge in [-0.2, -0.15) is 4.98 Å². The van der Waals surface area contributed by atoms with Gasteiger partial charge in [-0.15, -0.1) is 0 Å². The van der Waals surface area contributed by atoms with Crippen LogP contribution in [0.3, 0.4) is 0 Å². The van der Waals surface area contributed by atoms with Gasteiger partial charge in [0.25, 0.3) is 0 Å². The van der Waals surface area contributed by atoms with Crippen molar-refractivity contribution in [3.8, 4) is 11.3 Å². The molecule has 76 valence electrons. The van der Waals surface area contributed by atoms with Gasteiger partial charge in [-0.05, 0) is 12.1 Å². The third-order valence-electron chi connectivity index (χ3n) is 1.90. The van der Waals surface area contributed by atoms with E-state index in [0.717, 1.165) is 15.7 Å². The number of halogens is 1. The smallest absolute Gasteiger partial charge is 0.222 e. The third-order valence-corrected chi connectivity index (χ3v) is 2.43. The second-order valence-electron chi connectivity index (χ2n) is 3.04. The SMILES string of the molecule is Nc1cc(-c2ccc(Br)cc2)nc(N)n1. The summed E-state index contributed by atoms with van der Waals surface area (Å²) in [6.07, 6.45) is 0. The molecular weight excluding hydrogens is 256 g/mol. The number of aromatic nitrogens is 2. The molecule has 0 bridgehead atoms. The van der Waals surface area contributed by atoms with Crippen molar-refractivity contribution in [1.29, 1.82) is 0 Å². The molecule has 0 spiro atoms. The van der Waals surface area contributed by atoms with Crippen LogP contribution >= 0.6 is 15.9 Å². The van der Waals surface area contributed by atoms with Crippen LogP contribution in [0.25, 0.3) is 11.3 Å². The zero-order valence-electron chi connectivity index (χ0n) is 7.81. The maximum atomic E-state index is 5.59. The van der Waals surface area contributed by atoms with Crippen LogP contribution < -0.4 is 11.5 Å². The topological polar surface area (TPSA) is 77.8 Å². The number of hydrogen-bond acceptors (Lipinski definition) is 4. The van der Waals surface area contributed by atoms with Crippen molar-refractivity contribution in [2.75, 3.05) is 11.5 Å². The number of anilines is 2. The summed E-state index contributed by atoms with van der Waals surface area (Å²) in [5.74, 6) is 0.563. The minimum absolute atomic E-state index is 0.188. The van der Waals surface area contributed by atoms with Crippen LogP contribution in [0.1, 0.15) is 0 Å². The summed E-state index contributed by atoms with van der Waals surface area (Å²) in [7, 11) is 0. The fourth-order valence-corrected chi connectivity index (χ4v) is 1.52. The van der Waals surface area contributed by atoms with Gasteiger partial charge in [-0.1, -0.05) is 28.1 Å². The molecule has 0 atom stereocenters. The van der Waals surface area contributed by atoms with Crippen LogP contribution in [0.5, 0.6) is 0 Å². The molecule has 0 amide bonds. The highest BCUT2D eigenvalue weighted by Gasteiger charge is 2.02. The molecule has 15 heavy (non-hydrogen) atoms. The van der Waals surface area contributed by atoms with Crippen LogP contribution in [0, 0.1) is 0 Å². The lowest BCUT2D eigenvalue weighted by Gasteiger charge is -2.03. The van der Waals surface area contributed by atoms with Gasteiger partial charge in [-0.3, -0.25) is 0 Å². The number of nitrogen functional groups attached to an aromatic ring is 2. The third kappa shape index (κ3) is 2.24. The van der Waals surface area contributed by atoms with E-state index >= 15 is 0 Å². The Bertz CT molecular complexity index is 461. The van der Waals surface area contributed by atoms with E-state index in [0.29, 0.717) is 5.82 Å². The van der Waals surface area contributed by atoms with Crippen molar-refractivity contribution in [3.05, 3.63) is 34.8 Å². The van der Waals surface area contributed by atoms with Crippen molar-refractivity contribution >= 4 is 27.7 Å². The molecule has 0 radical (unpaired) electrons. The first-order chi connectivity index (χ1) is 7.15. The fraction of sp³-hybridized carbons (Fsp3) is 0. The molecule has 0 saturated heterocycles. The maximum Gasteiger partial charge on any atom is 0.222 e. The molecule has 0 aliphatic rings. The van der Waals surface area contributed by atoms with E-state index in [4.69, 9.17) is 11.5 Å². The summed E-state index contributed by atoms with van der Waals surface area (Å²) in [6, 6.07) is 9.43. The predicted octanol–water partition coefficient (Wildman–Crippen LogP) is 2.07. The quantitative estimate of drug-likeness (QED) is 0.827. The summed E-state index contributed by atoms with van der Waals surface area (Å²) in [5, 5.41) is 0. The highest BCUT2D eigenvalue weighted by atomic mass is 79.9. The molecule has 1 heterocycles. The fourth-order valence-electron chi connectivity index (χ4n) is 1.25. The lowest BCUT2D eigenvalue weighted by atomic mass is 10.1. The van der Waals surface area contributed by atoms with Gasteiger partial charge >= 0.3 is 0 Å². The summed E-state index contributed by atoms with van der Waals surface area (Å²) in [5.41, 5.74) is 12.8. The van der Waals surface area contributed by atoms with E-state index in [1.54, 1.807) is 6.07 Å². The van der Waals surface area contributed by atoms with Gasteiger partial charge < -0.3 is 11.5 Å². The minimum atomic E-state index is 0.188. The lowest BCUT2D eigenvalue weighted by molar-refractivity contribution is 1.20. The molecule has 4 nitrogen and oxygen atoms in total. The van der Waals surface area contributed by atoms with Crippen molar-refractivity contribution in [1.82, 2.24) is 9.97 Å². The number of hydrogen-bond donors (Lipinski definition) is 2. The Morgan fingerprint density at radius 1 is 1.00 bits per heavy atom. The molecular formula is C10H9BrN4. The highest BCUT2D eigenvalue weighted by molar-refractivity contribution is 9.10. The predicted molar refractivity (Wildman–Crippen MR) is 64.0 cm³/mol. The Labute approximate surface area is 95.5 Å². The number of nitrogens with two attached hydrogens (primary N) is 2. The van der Waals surface area contributed by atoms with E-state index in [9.17, 15) is 0 Å². The van der Waals surface area contributed by atoms with E-state index < -0.39 is 0 Å². The van der Waals surface area contributed by atoms with Crippen LogP contribution in [0.2, 0.25) is 0 Å². The van der Waals surface area contributed by atoms with Gasteiger partial charge in [0.2, 0.25) is 5.95 Å². The summed E-state index contributed by atoms with van der Waals surface area (Å²) in [6.45, 7) is 0. The van der Waals surface area contributed by atoms with Crippen molar-refractivity contribution in [3.63, 3.8) is 0 Å². The Hall–Kier alpha value is -1.62. The molecule has 4 N–H and O–H groups in total. The highest BCUT2D eigenvalue weighted by Crippen LogP contribution is 2.21. The average Bonchev–Trinajstić information content (AvgIpc) is 2.17. The van der Waals surface area contributed by atoms with Crippen LogP contribution in [0.15, 0.2) is 34.8 Å². The van der Waals surface area contributed by atoms with E-state index in [1.807, 2.05) is 24.3 Å². The van der Waals surface area contributed by atoms with Crippen molar-refractivity contribution < 1.29 is 0 Å². The van der Waals surface area contributed by atoms with Crippen LogP contribution in [0.4, 0.5) is 11.8 Å². The molecule has 2 rings (SSSR count). The standard InChI is InChI=1S/C10H9BrN4/c11-7-3-1-6(2-4-7)8-5-9(12)15-10(13)14-8/h1-5H,(H4,12,13,14,15). The summed E-state index contributed by atoms with van der Waals surface area (Å²) >= 11 is 3.36. The minimum Gasteiger partial charge on any atom is -0.384 e. The maximum absolute atomic E-state index is 5.59. The zero-order chi connectivity index (χ0) is 10.8. The molecule has 5 heteroatoms. The second kappa shape index (κ2) is 3.86.